The van der Waals surface area contributed by atoms with Gasteiger partial charge in [-0.2, -0.15) is 0 Å². The van der Waals surface area contributed by atoms with Crippen LogP contribution in [-0.2, 0) is 5.54 Å². The third-order valence-corrected chi connectivity index (χ3v) is 5.19. The van der Waals surface area contributed by atoms with Gasteiger partial charge < -0.3 is 5.32 Å². The number of aromatic nitrogens is 3. The van der Waals surface area contributed by atoms with E-state index in [1.807, 2.05) is 70.2 Å². The number of pyridine rings is 2. The summed E-state index contributed by atoms with van der Waals surface area (Å²) in [7, 11) is 0. The van der Waals surface area contributed by atoms with E-state index in [1.54, 1.807) is 12.4 Å². The lowest BCUT2D eigenvalue weighted by molar-refractivity contribution is -0.594. The van der Waals surface area contributed by atoms with Crippen molar-refractivity contribution in [2.45, 2.75) is 18.4 Å². The van der Waals surface area contributed by atoms with Crippen LogP contribution in [0.15, 0.2) is 85.7 Å². The quantitative estimate of drug-likeness (QED) is 0.572. The third-order valence-electron chi connectivity index (χ3n) is 5.19. The van der Waals surface area contributed by atoms with Gasteiger partial charge in [-0.3, -0.25) is 9.78 Å². The normalized spacial score (nSPS) is 14.8. The van der Waals surface area contributed by atoms with Crippen LogP contribution in [0.1, 0.15) is 28.8 Å². The summed E-state index contributed by atoms with van der Waals surface area (Å²) in [4.78, 5) is 17.3. The Balaban J connectivity index is 1.50. The van der Waals surface area contributed by atoms with Crippen LogP contribution in [0.2, 0.25) is 0 Å². The summed E-state index contributed by atoms with van der Waals surface area (Å²) in [6, 6.07) is 18.1. The Kier molecular flexibility index (Phi) is 3.53. The predicted molar refractivity (Wildman–Crippen MR) is 102 cm³/mol. The SMILES string of the molecule is O=C(NC1(c2ccccc2)CC1)c1cnccc1-[n+]1cc2ccccn2c1. The first-order valence-corrected chi connectivity index (χ1v) is 9.06. The van der Waals surface area contributed by atoms with E-state index in [4.69, 9.17) is 0 Å². The van der Waals surface area contributed by atoms with Crippen LogP contribution >= 0.6 is 0 Å². The number of imidazole rings is 1. The molecule has 0 radical (unpaired) electrons. The molecule has 3 heterocycles. The van der Waals surface area contributed by atoms with E-state index >= 15 is 0 Å². The molecule has 1 amide bonds. The van der Waals surface area contributed by atoms with Crippen molar-refractivity contribution in [3.8, 4) is 5.69 Å². The maximum absolute atomic E-state index is 13.1. The molecule has 5 heteroatoms. The average molecular weight is 355 g/mol. The zero-order valence-corrected chi connectivity index (χ0v) is 14.7. The van der Waals surface area contributed by atoms with Crippen LogP contribution < -0.4 is 9.88 Å². The number of benzene rings is 1. The summed E-state index contributed by atoms with van der Waals surface area (Å²) >= 11 is 0. The van der Waals surface area contributed by atoms with Gasteiger partial charge in [0, 0.05) is 18.5 Å². The van der Waals surface area contributed by atoms with Crippen LogP contribution in [-0.4, -0.2) is 15.3 Å². The van der Waals surface area contributed by atoms with Gasteiger partial charge in [0.05, 0.1) is 11.7 Å². The van der Waals surface area contributed by atoms with Crippen LogP contribution in [0.4, 0.5) is 0 Å². The van der Waals surface area contributed by atoms with Crippen LogP contribution in [0.25, 0.3) is 11.2 Å². The summed E-state index contributed by atoms with van der Waals surface area (Å²) in [5.41, 5.74) is 3.35. The van der Waals surface area contributed by atoms with Crippen molar-refractivity contribution in [3.05, 3.63) is 96.8 Å². The highest BCUT2D eigenvalue weighted by atomic mass is 16.1. The Morgan fingerprint density at radius 2 is 1.89 bits per heavy atom. The molecule has 4 aromatic rings. The van der Waals surface area contributed by atoms with Crippen molar-refractivity contribution in [1.29, 1.82) is 0 Å². The Bertz CT molecular complexity index is 1100. The van der Waals surface area contributed by atoms with Crippen molar-refractivity contribution >= 4 is 11.4 Å². The maximum Gasteiger partial charge on any atom is 0.257 e. The second kappa shape index (κ2) is 6.06. The van der Waals surface area contributed by atoms with Gasteiger partial charge in [0.2, 0.25) is 0 Å². The van der Waals surface area contributed by atoms with Gasteiger partial charge >= 0.3 is 0 Å². The molecule has 1 aromatic carbocycles. The lowest BCUT2D eigenvalue weighted by Gasteiger charge is -2.18. The molecule has 1 saturated carbocycles. The highest BCUT2D eigenvalue weighted by molar-refractivity contribution is 5.97. The van der Waals surface area contributed by atoms with Gasteiger partial charge in [-0.05, 0) is 30.5 Å². The topological polar surface area (TPSA) is 50.3 Å². The Morgan fingerprint density at radius 1 is 1.07 bits per heavy atom. The molecule has 1 fully saturated rings. The first-order chi connectivity index (χ1) is 13.3. The molecule has 1 aliphatic carbocycles. The summed E-state index contributed by atoms with van der Waals surface area (Å²) in [6.07, 6.45) is 11.2. The van der Waals surface area contributed by atoms with Crippen molar-refractivity contribution in [1.82, 2.24) is 14.7 Å². The summed E-state index contributed by atoms with van der Waals surface area (Å²) in [5.74, 6) is -0.0952. The summed E-state index contributed by atoms with van der Waals surface area (Å²) < 4.78 is 3.99. The van der Waals surface area contributed by atoms with Crippen molar-refractivity contribution in [3.63, 3.8) is 0 Å². The number of hydrogen-bond donors (Lipinski definition) is 1. The van der Waals surface area contributed by atoms with Crippen molar-refractivity contribution < 1.29 is 9.36 Å². The molecular weight excluding hydrogens is 336 g/mol. The van der Waals surface area contributed by atoms with Gasteiger partial charge in [0.1, 0.15) is 17.4 Å². The van der Waals surface area contributed by atoms with E-state index in [0.29, 0.717) is 5.56 Å². The molecule has 3 aromatic heterocycles. The molecule has 132 valence electrons. The van der Waals surface area contributed by atoms with Crippen molar-refractivity contribution in [2.75, 3.05) is 0 Å². The molecule has 0 atom stereocenters. The van der Waals surface area contributed by atoms with E-state index in [9.17, 15) is 4.79 Å². The van der Waals surface area contributed by atoms with Crippen LogP contribution in [0, 0.1) is 0 Å². The molecule has 5 nitrogen and oxygen atoms in total. The lowest BCUT2D eigenvalue weighted by Crippen LogP contribution is -2.38. The number of hydrogen-bond acceptors (Lipinski definition) is 2. The molecule has 27 heavy (non-hydrogen) atoms. The zero-order valence-electron chi connectivity index (χ0n) is 14.7. The second-order valence-electron chi connectivity index (χ2n) is 6.98. The summed E-state index contributed by atoms with van der Waals surface area (Å²) in [5, 5.41) is 3.24. The van der Waals surface area contributed by atoms with Gasteiger partial charge in [0.15, 0.2) is 5.52 Å². The molecule has 1 aliphatic rings. The molecular formula is C22H19N4O+. The van der Waals surface area contributed by atoms with E-state index in [1.165, 1.54) is 0 Å². The Morgan fingerprint density at radius 3 is 2.67 bits per heavy atom. The van der Waals surface area contributed by atoms with E-state index in [2.05, 4.69) is 22.4 Å². The highest BCUT2D eigenvalue weighted by Crippen LogP contribution is 2.45. The largest absolute Gasteiger partial charge is 0.342 e. The van der Waals surface area contributed by atoms with Gasteiger partial charge in [-0.1, -0.05) is 36.4 Å². The van der Waals surface area contributed by atoms with Crippen molar-refractivity contribution in [2.24, 2.45) is 0 Å². The molecule has 0 saturated heterocycles. The minimum atomic E-state index is -0.248. The highest BCUT2D eigenvalue weighted by Gasteiger charge is 2.46. The minimum Gasteiger partial charge on any atom is -0.342 e. The van der Waals surface area contributed by atoms with E-state index in [0.717, 1.165) is 29.6 Å². The van der Waals surface area contributed by atoms with E-state index < -0.39 is 0 Å². The molecule has 0 spiro atoms. The van der Waals surface area contributed by atoms with Gasteiger partial charge in [0.25, 0.3) is 12.2 Å². The molecule has 5 rings (SSSR count). The molecule has 0 bridgehead atoms. The number of nitrogens with zero attached hydrogens (tertiary/aromatic N) is 3. The number of nitrogens with one attached hydrogen (secondary N) is 1. The Hall–Kier alpha value is -3.47. The van der Waals surface area contributed by atoms with Gasteiger partial charge in [-0.25, -0.2) is 8.97 Å². The molecule has 1 N–H and O–H groups in total. The monoisotopic (exact) mass is 355 g/mol. The standard InChI is InChI=1S/C22H18N4O/c27-21(24-22(10-11-22)17-6-2-1-3-7-17)19-14-23-12-9-20(19)26-15-18-8-4-5-13-25(18)16-26/h1-9,12-16H,10-11H2/p+1. The fraction of sp³-hybridized carbons (Fsp3) is 0.136. The smallest absolute Gasteiger partial charge is 0.257 e. The molecule has 0 unspecified atom stereocenters. The number of fused-ring (bicyclic) bond motifs is 1. The van der Waals surface area contributed by atoms with Gasteiger partial charge in [-0.15, -0.1) is 0 Å². The maximum atomic E-state index is 13.1. The zero-order chi connectivity index (χ0) is 18.3. The predicted octanol–water partition coefficient (Wildman–Crippen LogP) is 3.03. The average Bonchev–Trinajstić information content (AvgIpc) is 3.37. The number of rotatable bonds is 4. The lowest BCUT2D eigenvalue weighted by atomic mass is 10.0. The number of amides is 1. The summed E-state index contributed by atoms with van der Waals surface area (Å²) in [6.45, 7) is 0. The minimum absolute atomic E-state index is 0.0952. The third kappa shape index (κ3) is 2.77. The second-order valence-corrected chi connectivity index (χ2v) is 6.98. The Labute approximate surface area is 156 Å². The fourth-order valence-electron chi connectivity index (χ4n) is 3.57. The fourth-order valence-corrected chi connectivity index (χ4v) is 3.57. The number of carbonyl (C=O) groups excluding carboxylic acids is 1. The first-order valence-electron chi connectivity index (χ1n) is 9.06. The molecule has 0 aliphatic heterocycles. The van der Waals surface area contributed by atoms with E-state index in [-0.39, 0.29) is 11.4 Å². The number of carbonyl (C=O) groups is 1. The van der Waals surface area contributed by atoms with Crippen LogP contribution in [0.5, 0.6) is 0 Å². The first kappa shape index (κ1) is 15.8. The van der Waals surface area contributed by atoms with Crippen LogP contribution in [0.3, 0.4) is 0 Å².